The van der Waals surface area contributed by atoms with Crippen molar-refractivity contribution in [2.75, 3.05) is 7.11 Å². The number of rotatable bonds is 5. The van der Waals surface area contributed by atoms with Gasteiger partial charge in [-0.2, -0.15) is 10.4 Å². The number of ether oxygens (including phenoxy) is 1. The summed E-state index contributed by atoms with van der Waals surface area (Å²) in [5.41, 5.74) is 7.75. The van der Waals surface area contributed by atoms with Crippen molar-refractivity contribution in [3.05, 3.63) is 65.2 Å². The smallest absolute Gasteiger partial charge is 0.118 e. The van der Waals surface area contributed by atoms with Crippen molar-refractivity contribution in [3.63, 3.8) is 0 Å². The molecule has 0 radical (unpaired) electrons. The summed E-state index contributed by atoms with van der Waals surface area (Å²) >= 11 is 0. The van der Waals surface area contributed by atoms with Crippen molar-refractivity contribution in [3.8, 4) is 11.8 Å². The van der Waals surface area contributed by atoms with Gasteiger partial charge in [0.15, 0.2) is 0 Å². The maximum Gasteiger partial charge on any atom is 0.118 e. The van der Waals surface area contributed by atoms with Crippen LogP contribution in [0.15, 0.2) is 53.6 Å². The summed E-state index contributed by atoms with van der Waals surface area (Å²) in [7, 11) is 1.61. The van der Waals surface area contributed by atoms with Gasteiger partial charge >= 0.3 is 0 Å². The van der Waals surface area contributed by atoms with Gasteiger partial charge in [-0.3, -0.25) is 0 Å². The van der Waals surface area contributed by atoms with Crippen LogP contribution in [0.25, 0.3) is 0 Å². The van der Waals surface area contributed by atoms with Gasteiger partial charge in [0.2, 0.25) is 0 Å². The Labute approximate surface area is 129 Å². The fourth-order valence-electron chi connectivity index (χ4n) is 2.17. The van der Waals surface area contributed by atoms with Crippen molar-refractivity contribution < 1.29 is 4.74 Å². The average Bonchev–Trinajstić information content (AvgIpc) is 2.56. The molecule has 0 aromatic heterocycles. The normalized spacial score (nSPS) is 11.9. The van der Waals surface area contributed by atoms with E-state index >= 15 is 0 Å². The molecule has 112 valence electrons. The number of methoxy groups -OCH3 is 1. The summed E-state index contributed by atoms with van der Waals surface area (Å²) in [5.74, 6) is 6.75. The summed E-state index contributed by atoms with van der Waals surface area (Å²) in [6, 6.07) is 16.5. The molecule has 1 atom stereocenters. The molecule has 0 aliphatic carbocycles. The molecule has 4 N–H and O–H groups in total. The first-order valence-electron chi connectivity index (χ1n) is 6.61. The highest BCUT2D eigenvalue weighted by atomic mass is 16.5. The predicted molar refractivity (Wildman–Crippen MR) is 84.7 cm³/mol. The Morgan fingerprint density at radius 3 is 2.14 bits per heavy atom. The zero-order valence-electron chi connectivity index (χ0n) is 12.2. The molecule has 0 fully saturated rings. The zero-order chi connectivity index (χ0) is 15.9. The molecule has 0 bridgehead atoms. The third-order valence-electron chi connectivity index (χ3n) is 3.25. The van der Waals surface area contributed by atoms with Crippen LogP contribution in [-0.4, -0.2) is 18.6 Å². The third kappa shape index (κ3) is 3.34. The molecular weight excluding hydrogens is 278 g/mol. The van der Waals surface area contributed by atoms with Crippen LogP contribution in [0.1, 0.15) is 22.7 Å². The number of hydrogen-bond acceptors (Lipinski definition) is 5. The van der Waals surface area contributed by atoms with E-state index in [0.29, 0.717) is 5.56 Å². The predicted octanol–water partition coefficient (Wildman–Crippen LogP) is 1.73. The minimum absolute atomic E-state index is 0.321. The molecule has 0 heterocycles. The van der Waals surface area contributed by atoms with Gasteiger partial charge in [-0.05, 0) is 35.4 Å². The number of nitrogens with zero attached hydrogens (tertiary/aromatic N) is 3. The van der Waals surface area contributed by atoms with Crippen LogP contribution in [-0.2, 0) is 0 Å². The molecule has 0 aliphatic heterocycles. The quantitative estimate of drug-likeness (QED) is 0.378. The highest BCUT2D eigenvalue weighted by Crippen LogP contribution is 2.28. The lowest BCUT2D eigenvalue weighted by Gasteiger charge is -2.25. The second-order valence-electron chi connectivity index (χ2n) is 4.55. The van der Waals surface area contributed by atoms with Crippen molar-refractivity contribution in [2.24, 2.45) is 16.7 Å². The highest BCUT2D eigenvalue weighted by molar-refractivity contribution is 5.51. The largest absolute Gasteiger partial charge is 0.497 e. The Kier molecular flexibility index (Phi) is 4.96. The van der Waals surface area contributed by atoms with E-state index in [-0.39, 0.29) is 6.04 Å². The van der Waals surface area contributed by atoms with Crippen LogP contribution in [0, 0.1) is 11.3 Å². The molecule has 0 saturated carbocycles. The van der Waals surface area contributed by atoms with Crippen LogP contribution in [0.5, 0.6) is 5.75 Å². The lowest BCUT2D eigenvalue weighted by Crippen LogP contribution is -2.31. The molecule has 1 unspecified atom stereocenters. The van der Waals surface area contributed by atoms with E-state index in [0.717, 1.165) is 23.2 Å². The minimum Gasteiger partial charge on any atom is -0.497 e. The molecule has 0 aliphatic rings. The lowest BCUT2D eigenvalue weighted by atomic mass is 9.98. The first-order chi connectivity index (χ1) is 10.7. The molecular formula is C16H17N5O. The van der Waals surface area contributed by atoms with E-state index in [1.54, 1.807) is 19.2 Å². The van der Waals surface area contributed by atoms with Crippen LogP contribution in [0.3, 0.4) is 0 Å². The lowest BCUT2D eigenvalue weighted by molar-refractivity contribution is 0.245. The second-order valence-corrected chi connectivity index (χ2v) is 4.55. The molecule has 0 spiro atoms. The van der Waals surface area contributed by atoms with Crippen LogP contribution < -0.4 is 16.3 Å². The van der Waals surface area contributed by atoms with Gasteiger partial charge in [-0.25, -0.2) is 11.0 Å². The van der Waals surface area contributed by atoms with E-state index in [1.165, 1.54) is 5.12 Å². The van der Waals surface area contributed by atoms with Gasteiger partial charge in [-0.1, -0.05) is 24.3 Å². The maximum atomic E-state index is 8.90. The summed E-state index contributed by atoms with van der Waals surface area (Å²) in [6.07, 6.45) is 1.14. The summed E-state index contributed by atoms with van der Waals surface area (Å²) < 4.78 is 5.16. The highest BCUT2D eigenvalue weighted by Gasteiger charge is 2.19. The van der Waals surface area contributed by atoms with Gasteiger partial charge in [0.25, 0.3) is 0 Å². The Bertz CT molecular complexity index is 673. The van der Waals surface area contributed by atoms with Gasteiger partial charge in [0, 0.05) is 0 Å². The molecule has 0 amide bonds. The average molecular weight is 295 g/mol. The molecule has 2 aromatic carbocycles. The first kappa shape index (κ1) is 15.4. The van der Waals surface area contributed by atoms with Gasteiger partial charge in [0.05, 0.1) is 18.7 Å². The Hall–Kier alpha value is -3.04. The van der Waals surface area contributed by atoms with Crippen molar-refractivity contribution in [1.82, 2.24) is 5.12 Å². The van der Waals surface area contributed by atoms with Gasteiger partial charge in [-0.15, -0.1) is 0 Å². The Balaban J connectivity index is 2.42. The van der Waals surface area contributed by atoms with Crippen LogP contribution >= 0.6 is 0 Å². The topological polar surface area (TPSA) is 101 Å². The SMILES string of the molecule is COc1ccc(C(c2ccc(C#N)cc2)N(N)/N=C\N)cc1. The summed E-state index contributed by atoms with van der Waals surface area (Å²) in [4.78, 5) is 0. The zero-order valence-corrected chi connectivity index (χ0v) is 12.2. The van der Waals surface area contributed by atoms with E-state index in [9.17, 15) is 0 Å². The summed E-state index contributed by atoms with van der Waals surface area (Å²) in [5, 5.41) is 14.1. The standard InChI is InChI=1S/C16H17N5O/c1-22-15-8-6-14(7-9-15)16(21(19)20-11-18)13-4-2-12(10-17)3-5-13/h2-9,11,16H,19H2,1H3,(H2,18,20). The Morgan fingerprint density at radius 1 is 1.14 bits per heavy atom. The number of hydrogen-bond donors (Lipinski definition) is 2. The van der Waals surface area contributed by atoms with Crippen LogP contribution in [0.4, 0.5) is 0 Å². The number of nitrogens with two attached hydrogens (primary N) is 2. The molecule has 6 nitrogen and oxygen atoms in total. The van der Waals surface area contributed by atoms with Crippen molar-refractivity contribution in [1.29, 1.82) is 5.26 Å². The van der Waals surface area contributed by atoms with Gasteiger partial charge in [0.1, 0.15) is 18.1 Å². The van der Waals surface area contributed by atoms with E-state index in [2.05, 4.69) is 11.2 Å². The van der Waals surface area contributed by atoms with E-state index in [4.69, 9.17) is 21.6 Å². The molecule has 22 heavy (non-hydrogen) atoms. The van der Waals surface area contributed by atoms with Crippen molar-refractivity contribution in [2.45, 2.75) is 6.04 Å². The second kappa shape index (κ2) is 7.11. The van der Waals surface area contributed by atoms with E-state index in [1.807, 2.05) is 36.4 Å². The molecule has 6 heteroatoms. The Morgan fingerprint density at radius 2 is 1.68 bits per heavy atom. The molecule has 0 saturated heterocycles. The monoisotopic (exact) mass is 295 g/mol. The third-order valence-corrected chi connectivity index (χ3v) is 3.25. The maximum absolute atomic E-state index is 8.90. The molecule has 2 aromatic rings. The fourth-order valence-corrected chi connectivity index (χ4v) is 2.17. The van der Waals surface area contributed by atoms with E-state index < -0.39 is 0 Å². The van der Waals surface area contributed by atoms with Crippen LogP contribution in [0.2, 0.25) is 0 Å². The number of nitriles is 1. The number of benzene rings is 2. The molecule has 2 rings (SSSR count). The first-order valence-corrected chi connectivity index (χ1v) is 6.61. The van der Waals surface area contributed by atoms with Gasteiger partial charge < -0.3 is 10.5 Å². The van der Waals surface area contributed by atoms with Crippen molar-refractivity contribution >= 4 is 6.34 Å². The number of hydrazine groups is 1. The summed E-state index contributed by atoms with van der Waals surface area (Å²) in [6.45, 7) is 0. The fraction of sp³-hybridized carbons (Fsp3) is 0.125. The number of hydrazone groups is 1. The minimum atomic E-state index is -0.321.